The molecule has 1 saturated heterocycles. The number of aryl methyl sites for hydroxylation is 2. The van der Waals surface area contributed by atoms with Crippen LogP contribution < -0.4 is 15.8 Å². The second kappa shape index (κ2) is 8.09. The van der Waals surface area contributed by atoms with Crippen molar-refractivity contribution in [2.75, 3.05) is 6.61 Å². The van der Waals surface area contributed by atoms with Gasteiger partial charge < -0.3 is 15.8 Å². The Bertz CT molecular complexity index is 949. The van der Waals surface area contributed by atoms with E-state index in [0.717, 1.165) is 16.8 Å². The third-order valence-electron chi connectivity index (χ3n) is 3.78. The number of nitrogens with zero attached hydrogens (tertiary/aromatic N) is 1. The monoisotopic (exact) mass is 381 g/mol. The highest BCUT2D eigenvalue weighted by Gasteiger charge is 2.23. The molecule has 1 aliphatic heterocycles. The van der Waals surface area contributed by atoms with Crippen LogP contribution in [0.5, 0.6) is 5.75 Å². The number of nitrogens with one attached hydrogen (secondary N) is 1. The van der Waals surface area contributed by atoms with Crippen LogP contribution in [0, 0.1) is 13.8 Å². The van der Waals surface area contributed by atoms with Gasteiger partial charge in [-0.15, -0.1) is 0 Å². The van der Waals surface area contributed by atoms with E-state index in [1.807, 2.05) is 26.0 Å². The molecule has 1 fully saturated rings. The Labute approximate surface area is 161 Å². The Morgan fingerprint density at radius 3 is 2.63 bits per heavy atom. The van der Waals surface area contributed by atoms with Gasteiger partial charge in [-0.05, 0) is 61.0 Å². The minimum absolute atomic E-state index is 0.170. The zero-order valence-electron chi connectivity index (χ0n) is 15.0. The van der Waals surface area contributed by atoms with Crippen molar-refractivity contribution in [2.45, 2.75) is 13.8 Å². The van der Waals surface area contributed by atoms with Crippen LogP contribution in [-0.2, 0) is 9.59 Å². The van der Waals surface area contributed by atoms with E-state index in [-0.39, 0.29) is 12.5 Å². The number of aliphatic imine (C=N–C) groups is 1. The SMILES string of the molecule is Cc1ccc(N=C2NC(=O)/C(=C/c3ccc(OCC(N)=O)cc3)S2)c(C)c1. The van der Waals surface area contributed by atoms with Gasteiger partial charge in [0, 0.05) is 0 Å². The molecular weight excluding hydrogens is 362 g/mol. The molecule has 3 N–H and O–H groups in total. The van der Waals surface area contributed by atoms with Crippen molar-refractivity contribution >= 4 is 40.5 Å². The van der Waals surface area contributed by atoms with Crippen LogP contribution in [0.2, 0.25) is 0 Å². The van der Waals surface area contributed by atoms with Crippen molar-refractivity contribution in [3.63, 3.8) is 0 Å². The normalized spacial score (nSPS) is 16.6. The molecule has 1 heterocycles. The van der Waals surface area contributed by atoms with E-state index in [4.69, 9.17) is 10.5 Å². The van der Waals surface area contributed by atoms with Crippen molar-refractivity contribution in [1.82, 2.24) is 5.32 Å². The zero-order valence-corrected chi connectivity index (χ0v) is 15.8. The molecule has 0 spiro atoms. The molecule has 0 radical (unpaired) electrons. The number of carbonyl (C=O) groups excluding carboxylic acids is 2. The van der Waals surface area contributed by atoms with Gasteiger partial charge in [0.05, 0.1) is 10.6 Å². The van der Waals surface area contributed by atoms with E-state index < -0.39 is 5.91 Å². The molecule has 2 aromatic carbocycles. The maximum atomic E-state index is 12.2. The number of hydrogen-bond donors (Lipinski definition) is 2. The van der Waals surface area contributed by atoms with Crippen molar-refractivity contribution in [3.05, 3.63) is 64.1 Å². The molecule has 7 heteroatoms. The van der Waals surface area contributed by atoms with Gasteiger partial charge >= 0.3 is 0 Å². The minimum Gasteiger partial charge on any atom is -0.484 e. The van der Waals surface area contributed by atoms with Crippen molar-refractivity contribution < 1.29 is 14.3 Å². The molecule has 6 nitrogen and oxygen atoms in total. The topological polar surface area (TPSA) is 93.8 Å². The highest BCUT2D eigenvalue weighted by atomic mass is 32.2. The van der Waals surface area contributed by atoms with Gasteiger partial charge in [0.15, 0.2) is 11.8 Å². The predicted molar refractivity (Wildman–Crippen MR) is 108 cm³/mol. The molecule has 0 aliphatic carbocycles. The molecule has 27 heavy (non-hydrogen) atoms. The molecular formula is C20H19N3O3S. The largest absolute Gasteiger partial charge is 0.484 e. The number of carbonyl (C=O) groups is 2. The van der Waals surface area contributed by atoms with Gasteiger partial charge in [-0.25, -0.2) is 4.99 Å². The van der Waals surface area contributed by atoms with E-state index >= 15 is 0 Å². The number of hydrogen-bond acceptors (Lipinski definition) is 5. The number of primary amides is 1. The summed E-state index contributed by atoms with van der Waals surface area (Å²) in [5, 5.41) is 3.34. The third kappa shape index (κ3) is 4.98. The van der Waals surface area contributed by atoms with Crippen molar-refractivity contribution in [3.8, 4) is 5.75 Å². The fourth-order valence-electron chi connectivity index (χ4n) is 2.49. The summed E-state index contributed by atoms with van der Waals surface area (Å²) in [4.78, 5) is 28.0. The first-order valence-electron chi connectivity index (χ1n) is 8.29. The van der Waals surface area contributed by atoms with Crippen LogP contribution in [0.15, 0.2) is 52.4 Å². The summed E-state index contributed by atoms with van der Waals surface area (Å²) in [5.74, 6) is -0.176. The van der Waals surface area contributed by atoms with Crippen LogP contribution in [0.3, 0.4) is 0 Å². The highest BCUT2D eigenvalue weighted by molar-refractivity contribution is 8.18. The number of benzene rings is 2. The standard InChI is InChI=1S/C20H19N3O3S/c1-12-3-8-16(13(2)9-12)22-20-23-19(25)17(27-20)10-14-4-6-15(7-5-14)26-11-18(21)24/h3-10H,11H2,1-2H3,(H2,21,24)(H,22,23,25)/b17-10-. The summed E-state index contributed by atoms with van der Waals surface area (Å²) in [6.07, 6.45) is 1.78. The molecule has 0 bridgehead atoms. The van der Waals surface area contributed by atoms with Gasteiger partial charge in [-0.1, -0.05) is 29.8 Å². The molecule has 0 aromatic heterocycles. The molecule has 3 rings (SSSR count). The quantitative estimate of drug-likeness (QED) is 0.779. The average Bonchev–Trinajstić information content (AvgIpc) is 2.96. The van der Waals surface area contributed by atoms with E-state index in [1.165, 1.54) is 17.3 Å². The maximum Gasteiger partial charge on any atom is 0.264 e. The fourth-order valence-corrected chi connectivity index (χ4v) is 3.32. The number of thioether (sulfide) groups is 1. The Morgan fingerprint density at radius 1 is 1.22 bits per heavy atom. The van der Waals surface area contributed by atoms with Gasteiger partial charge in [0.25, 0.3) is 11.8 Å². The Hall–Kier alpha value is -3.06. The van der Waals surface area contributed by atoms with E-state index in [9.17, 15) is 9.59 Å². The first kappa shape index (κ1) is 18.7. The second-order valence-electron chi connectivity index (χ2n) is 6.10. The maximum absolute atomic E-state index is 12.2. The summed E-state index contributed by atoms with van der Waals surface area (Å²) in [5.41, 5.74) is 8.95. The van der Waals surface area contributed by atoms with Crippen LogP contribution in [0.25, 0.3) is 6.08 Å². The molecule has 1 aliphatic rings. The number of amidine groups is 1. The molecule has 2 aromatic rings. The average molecular weight is 381 g/mol. The smallest absolute Gasteiger partial charge is 0.264 e. The number of nitrogens with two attached hydrogens (primary N) is 1. The molecule has 2 amide bonds. The van der Waals surface area contributed by atoms with Crippen molar-refractivity contribution in [1.29, 1.82) is 0 Å². The number of rotatable bonds is 5. The van der Waals surface area contributed by atoms with Crippen LogP contribution in [-0.4, -0.2) is 23.6 Å². The second-order valence-corrected chi connectivity index (χ2v) is 7.13. The van der Waals surface area contributed by atoms with E-state index in [0.29, 0.717) is 15.8 Å². The fraction of sp³-hybridized carbons (Fsp3) is 0.150. The van der Waals surface area contributed by atoms with E-state index in [2.05, 4.69) is 16.4 Å². The van der Waals surface area contributed by atoms with Crippen LogP contribution in [0.1, 0.15) is 16.7 Å². The number of ether oxygens (including phenoxy) is 1. The molecule has 0 saturated carbocycles. The first-order valence-corrected chi connectivity index (χ1v) is 9.10. The summed E-state index contributed by atoms with van der Waals surface area (Å²) in [6.45, 7) is 3.85. The van der Waals surface area contributed by atoms with Gasteiger partial charge in [-0.2, -0.15) is 0 Å². The first-order chi connectivity index (χ1) is 12.9. The predicted octanol–water partition coefficient (Wildman–Crippen LogP) is 3.06. The van der Waals surface area contributed by atoms with Gasteiger partial charge in [0.1, 0.15) is 5.75 Å². The Morgan fingerprint density at radius 2 is 1.96 bits per heavy atom. The molecule has 0 atom stereocenters. The lowest BCUT2D eigenvalue weighted by Gasteiger charge is -2.03. The number of amides is 2. The summed E-state index contributed by atoms with van der Waals surface area (Å²) in [6, 6.07) is 13.0. The molecule has 0 unspecified atom stereocenters. The molecule has 138 valence electrons. The lowest BCUT2D eigenvalue weighted by Crippen LogP contribution is -2.20. The van der Waals surface area contributed by atoms with Crippen LogP contribution >= 0.6 is 11.8 Å². The van der Waals surface area contributed by atoms with Crippen LogP contribution in [0.4, 0.5) is 5.69 Å². The third-order valence-corrected chi connectivity index (χ3v) is 4.69. The Balaban J connectivity index is 1.73. The van der Waals surface area contributed by atoms with Crippen molar-refractivity contribution in [2.24, 2.45) is 10.7 Å². The summed E-state index contributed by atoms with van der Waals surface area (Å²) < 4.78 is 5.22. The summed E-state index contributed by atoms with van der Waals surface area (Å²) in [7, 11) is 0. The highest BCUT2D eigenvalue weighted by Crippen LogP contribution is 2.29. The minimum atomic E-state index is -0.532. The Kier molecular flexibility index (Phi) is 5.61. The van der Waals surface area contributed by atoms with Gasteiger partial charge in [-0.3, -0.25) is 9.59 Å². The lowest BCUT2D eigenvalue weighted by atomic mass is 10.1. The van der Waals surface area contributed by atoms with E-state index in [1.54, 1.807) is 30.3 Å². The van der Waals surface area contributed by atoms with Gasteiger partial charge in [0.2, 0.25) is 0 Å². The zero-order chi connectivity index (χ0) is 19.4. The summed E-state index contributed by atoms with van der Waals surface area (Å²) >= 11 is 1.30. The lowest BCUT2D eigenvalue weighted by molar-refractivity contribution is -0.120.